The van der Waals surface area contributed by atoms with E-state index in [0.717, 1.165) is 11.2 Å². The van der Waals surface area contributed by atoms with Crippen LogP contribution in [0.25, 0.3) is 16.8 Å². The lowest BCUT2D eigenvalue weighted by molar-refractivity contribution is 0.602. The van der Waals surface area contributed by atoms with Crippen molar-refractivity contribution in [2.45, 2.75) is 0 Å². The molecule has 0 aliphatic rings. The number of rotatable bonds is 1. The molecule has 0 N–H and O–H groups in total. The summed E-state index contributed by atoms with van der Waals surface area (Å²) in [6.07, 6.45) is 3.11. The average Bonchev–Trinajstić information content (AvgIpc) is 2.85. The number of oxazole rings is 1. The molecule has 2 heterocycles. The zero-order valence-electron chi connectivity index (χ0n) is 8.62. The van der Waals surface area contributed by atoms with Gasteiger partial charge in [-0.2, -0.15) is 0 Å². The lowest BCUT2D eigenvalue weighted by atomic mass is 10.3. The van der Waals surface area contributed by atoms with Gasteiger partial charge in [-0.05, 0) is 18.2 Å². The molecule has 0 bridgehead atoms. The molecule has 0 unspecified atom stereocenters. The third-order valence-electron chi connectivity index (χ3n) is 2.52. The summed E-state index contributed by atoms with van der Waals surface area (Å²) in [4.78, 5) is 15.7. The molecule has 5 nitrogen and oxygen atoms in total. The molecule has 1 aromatic carbocycles. The second kappa shape index (κ2) is 3.10. The largest absolute Gasteiger partial charge is 0.443 e. The van der Waals surface area contributed by atoms with Crippen molar-refractivity contribution in [1.29, 1.82) is 0 Å². The van der Waals surface area contributed by atoms with Crippen LogP contribution in [0.1, 0.15) is 0 Å². The quantitative estimate of drug-likeness (QED) is 0.615. The Morgan fingerprint density at radius 1 is 1.31 bits per heavy atom. The fraction of sp³-hybridized carbons (Fsp3) is 0.0909. The van der Waals surface area contributed by atoms with E-state index in [-0.39, 0.29) is 5.56 Å². The second-order valence-corrected chi connectivity index (χ2v) is 3.54. The van der Waals surface area contributed by atoms with Crippen LogP contribution < -0.4 is 5.56 Å². The van der Waals surface area contributed by atoms with Gasteiger partial charge in [0.05, 0.1) is 5.69 Å². The Morgan fingerprint density at radius 3 is 2.94 bits per heavy atom. The molecule has 0 saturated heterocycles. The first-order chi connectivity index (χ1) is 7.75. The maximum absolute atomic E-state index is 11.6. The lowest BCUT2D eigenvalue weighted by Gasteiger charge is -2.05. The second-order valence-electron chi connectivity index (χ2n) is 3.54. The maximum Gasteiger partial charge on any atom is 0.271 e. The van der Waals surface area contributed by atoms with E-state index in [9.17, 15) is 4.79 Å². The first kappa shape index (κ1) is 8.96. The van der Waals surface area contributed by atoms with Gasteiger partial charge in [0.25, 0.3) is 5.56 Å². The van der Waals surface area contributed by atoms with E-state index in [1.165, 1.54) is 12.5 Å². The van der Waals surface area contributed by atoms with Crippen LogP contribution in [0, 0.1) is 0 Å². The van der Waals surface area contributed by atoms with E-state index >= 15 is 0 Å². The summed E-state index contributed by atoms with van der Waals surface area (Å²) >= 11 is 0. The number of nitrogens with zero attached hydrogens (tertiary/aromatic N) is 3. The standard InChI is InChI=1S/C11H9N3O2/c1-13-5-4-11(15)14(13)8-2-3-10-9(6-8)12-7-16-10/h2-7H,1H3. The number of aromatic nitrogens is 3. The van der Waals surface area contributed by atoms with Crippen molar-refractivity contribution in [1.82, 2.24) is 14.3 Å². The summed E-state index contributed by atoms with van der Waals surface area (Å²) < 4.78 is 8.43. The van der Waals surface area contributed by atoms with Crippen molar-refractivity contribution in [3.8, 4) is 5.69 Å². The van der Waals surface area contributed by atoms with Crippen LogP contribution in [0.15, 0.2) is 46.1 Å². The Hall–Kier alpha value is -2.30. The van der Waals surface area contributed by atoms with Gasteiger partial charge in [0.1, 0.15) is 5.52 Å². The van der Waals surface area contributed by atoms with Crippen molar-refractivity contribution in [3.63, 3.8) is 0 Å². The highest BCUT2D eigenvalue weighted by atomic mass is 16.3. The molecule has 3 rings (SSSR count). The van der Waals surface area contributed by atoms with Crippen molar-refractivity contribution >= 4 is 11.1 Å². The lowest BCUT2D eigenvalue weighted by Crippen LogP contribution is -2.18. The van der Waals surface area contributed by atoms with Gasteiger partial charge in [-0.3, -0.25) is 9.48 Å². The summed E-state index contributed by atoms with van der Waals surface area (Å²) in [5.74, 6) is 0. The number of hydrogen-bond acceptors (Lipinski definition) is 3. The molecule has 80 valence electrons. The first-order valence-corrected chi connectivity index (χ1v) is 4.84. The van der Waals surface area contributed by atoms with Crippen LogP contribution >= 0.6 is 0 Å². The fourth-order valence-electron chi connectivity index (χ4n) is 1.75. The van der Waals surface area contributed by atoms with Gasteiger partial charge in [0.2, 0.25) is 0 Å². The minimum Gasteiger partial charge on any atom is -0.443 e. The normalized spacial score (nSPS) is 11.1. The topological polar surface area (TPSA) is 53.0 Å². The predicted molar refractivity (Wildman–Crippen MR) is 58.6 cm³/mol. The molecule has 0 radical (unpaired) electrons. The number of benzene rings is 1. The molecule has 0 saturated carbocycles. The van der Waals surface area contributed by atoms with Crippen LogP contribution in [-0.4, -0.2) is 14.3 Å². The molecule has 3 aromatic rings. The molecular formula is C11H9N3O2. The van der Waals surface area contributed by atoms with E-state index < -0.39 is 0 Å². The van der Waals surface area contributed by atoms with Crippen molar-refractivity contribution < 1.29 is 4.42 Å². The summed E-state index contributed by atoms with van der Waals surface area (Å²) in [6, 6.07) is 6.97. The average molecular weight is 215 g/mol. The summed E-state index contributed by atoms with van der Waals surface area (Å²) in [6.45, 7) is 0. The molecule has 2 aromatic heterocycles. The van der Waals surface area contributed by atoms with Crippen molar-refractivity contribution in [2.24, 2.45) is 7.05 Å². The van der Waals surface area contributed by atoms with Gasteiger partial charge >= 0.3 is 0 Å². The third kappa shape index (κ3) is 1.18. The van der Waals surface area contributed by atoms with Crippen molar-refractivity contribution in [2.75, 3.05) is 0 Å². The van der Waals surface area contributed by atoms with Crippen molar-refractivity contribution in [3.05, 3.63) is 47.2 Å². The highest BCUT2D eigenvalue weighted by Crippen LogP contribution is 2.15. The van der Waals surface area contributed by atoms with Gasteiger partial charge in [-0.1, -0.05) is 0 Å². The van der Waals surface area contributed by atoms with E-state index in [0.29, 0.717) is 5.58 Å². The van der Waals surface area contributed by atoms with Crippen LogP contribution in [0.4, 0.5) is 0 Å². The minimum atomic E-state index is -0.0645. The van der Waals surface area contributed by atoms with Gasteiger partial charge in [-0.25, -0.2) is 9.67 Å². The summed E-state index contributed by atoms with van der Waals surface area (Å²) in [7, 11) is 1.81. The molecule has 0 atom stereocenters. The minimum absolute atomic E-state index is 0.0645. The van der Waals surface area contributed by atoms with Gasteiger partial charge in [0, 0.05) is 19.3 Å². The Balaban J connectivity index is 2.30. The Morgan fingerprint density at radius 2 is 2.19 bits per heavy atom. The fourth-order valence-corrected chi connectivity index (χ4v) is 1.75. The van der Waals surface area contributed by atoms with Gasteiger partial charge in [-0.15, -0.1) is 0 Å². The molecular weight excluding hydrogens is 206 g/mol. The van der Waals surface area contributed by atoms with Gasteiger partial charge < -0.3 is 4.42 Å². The SMILES string of the molecule is Cn1ccc(=O)n1-c1ccc2ocnc2c1. The van der Waals surface area contributed by atoms with Crippen LogP contribution in [0.3, 0.4) is 0 Å². The molecule has 0 aliphatic carbocycles. The Bertz CT molecular complexity index is 705. The highest BCUT2D eigenvalue weighted by Gasteiger charge is 2.05. The smallest absolute Gasteiger partial charge is 0.271 e. The van der Waals surface area contributed by atoms with E-state index in [1.54, 1.807) is 21.6 Å². The maximum atomic E-state index is 11.6. The van der Waals surface area contributed by atoms with E-state index in [1.807, 2.05) is 19.2 Å². The Labute approximate surface area is 90.5 Å². The number of hydrogen-bond donors (Lipinski definition) is 0. The monoisotopic (exact) mass is 215 g/mol. The summed E-state index contributed by atoms with van der Waals surface area (Å²) in [5.41, 5.74) is 2.17. The zero-order valence-corrected chi connectivity index (χ0v) is 8.62. The number of aryl methyl sites for hydroxylation is 1. The van der Waals surface area contributed by atoms with E-state index in [4.69, 9.17) is 4.42 Å². The molecule has 0 fully saturated rings. The molecule has 5 heteroatoms. The molecule has 0 amide bonds. The molecule has 0 spiro atoms. The zero-order chi connectivity index (χ0) is 11.1. The van der Waals surface area contributed by atoms with Crippen LogP contribution in [0.5, 0.6) is 0 Å². The van der Waals surface area contributed by atoms with Crippen LogP contribution in [0.2, 0.25) is 0 Å². The Kier molecular flexibility index (Phi) is 1.73. The first-order valence-electron chi connectivity index (χ1n) is 4.84. The van der Waals surface area contributed by atoms with Crippen LogP contribution in [-0.2, 0) is 7.05 Å². The van der Waals surface area contributed by atoms with Gasteiger partial charge in [0.15, 0.2) is 12.0 Å². The summed E-state index contributed by atoms with van der Waals surface area (Å²) in [5, 5.41) is 0. The van der Waals surface area contributed by atoms with E-state index in [2.05, 4.69) is 4.98 Å². The number of fused-ring (bicyclic) bond motifs is 1. The third-order valence-corrected chi connectivity index (χ3v) is 2.52. The predicted octanol–water partition coefficient (Wildman–Crippen LogP) is 1.32. The molecule has 16 heavy (non-hydrogen) atoms. The highest BCUT2D eigenvalue weighted by molar-refractivity contribution is 5.74. The molecule has 0 aliphatic heterocycles.